The van der Waals surface area contributed by atoms with Crippen LogP contribution in [-0.4, -0.2) is 38.5 Å². The molecule has 2 atom stereocenters. The lowest BCUT2D eigenvalue weighted by Crippen LogP contribution is -2.29. The summed E-state index contributed by atoms with van der Waals surface area (Å²) in [6.07, 6.45) is 0.311. The van der Waals surface area contributed by atoms with Gasteiger partial charge in [-0.1, -0.05) is 0 Å². The van der Waals surface area contributed by atoms with Crippen molar-refractivity contribution in [3.63, 3.8) is 0 Å². The SMILES string of the molecule is COC(=O)CCS(=O)(=O)C(C)CC(C)N. The summed E-state index contributed by atoms with van der Waals surface area (Å²) in [5, 5.41) is -0.512. The molecule has 0 aliphatic carbocycles. The van der Waals surface area contributed by atoms with E-state index in [1.165, 1.54) is 7.11 Å². The first kappa shape index (κ1) is 14.4. The number of rotatable bonds is 6. The molecule has 0 aromatic rings. The molecule has 0 heterocycles. The Morgan fingerprint density at radius 2 is 1.93 bits per heavy atom. The van der Waals surface area contributed by atoms with Crippen molar-refractivity contribution in [1.82, 2.24) is 0 Å². The summed E-state index contributed by atoms with van der Waals surface area (Å²) >= 11 is 0. The predicted octanol–water partition coefficient (Wildman–Crippen LogP) is 0.0901. The minimum absolute atomic E-state index is 0.0951. The Morgan fingerprint density at radius 3 is 2.33 bits per heavy atom. The highest BCUT2D eigenvalue weighted by Crippen LogP contribution is 2.09. The number of carbonyl (C=O) groups is 1. The molecule has 0 saturated heterocycles. The number of ether oxygens (including phenoxy) is 1. The van der Waals surface area contributed by atoms with E-state index in [0.29, 0.717) is 6.42 Å². The lowest BCUT2D eigenvalue weighted by atomic mass is 10.2. The van der Waals surface area contributed by atoms with E-state index in [9.17, 15) is 13.2 Å². The maximum atomic E-state index is 11.6. The third-order valence-corrected chi connectivity index (χ3v) is 4.33. The summed E-state index contributed by atoms with van der Waals surface area (Å²) in [5.41, 5.74) is 5.52. The van der Waals surface area contributed by atoms with E-state index >= 15 is 0 Å². The van der Waals surface area contributed by atoms with Gasteiger partial charge in [0.05, 0.1) is 24.5 Å². The van der Waals surface area contributed by atoms with Crippen molar-refractivity contribution in [2.45, 2.75) is 38.0 Å². The van der Waals surface area contributed by atoms with Crippen LogP contribution >= 0.6 is 0 Å². The molecule has 2 unspecified atom stereocenters. The number of methoxy groups -OCH3 is 1. The maximum Gasteiger partial charge on any atom is 0.306 e. The van der Waals surface area contributed by atoms with Crippen molar-refractivity contribution in [2.24, 2.45) is 5.73 Å². The molecule has 0 spiro atoms. The summed E-state index contributed by atoms with van der Waals surface area (Å²) < 4.78 is 27.6. The molecule has 0 aliphatic heterocycles. The molecule has 0 fully saturated rings. The highest BCUT2D eigenvalue weighted by atomic mass is 32.2. The highest BCUT2D eigenvalue weighted by Gasteiger charge is 2.22. The number of hydrogen-bond donors (Lipinski definition) is 1. The fourth-order valence-corrected chi connectivity index (χ4v) is 2.65. The average molecular weight is 237 g/mol. The molecule has 15 heavy (non-hydrogen) atoms. The van der Waals surface area contributed by atoms with Gasteiger partial charge in [0.15, 0.2) is 9.84 Å². The van der Waals surface area contributed by atoms with Gasteiger partial charge in [-0.05, 0) is 20.3 Å². The Labute approximate surface area is 90.9 Å². The quantitative estimate of drug-likeness (QED) is 0.662. The van der Waals surface area contributed by atoms with E-state index in [0.717, 1.165) is 0 Å². The zero-order valence-corrected chi connectivity index (χ0v) is 10.2. The van der Waals surface area contributed by atoms with Gasteiger partial charge < -0.3 is 10.5 Å². The van der Waals surface area contributed by atoms with Crippen LogP contribution in [0.25, 0.3) is 0 Å². The fourth-order valence-electron chi connectivity index (χ4n) is 1.20. The Hall–Kier alpha value is -0.620. The van der Waals surface area contributed by atoms with Gasteiger partial charge in [0.1, 0.15) is 0 Å². The van der Waals surface area contributed by atoms with E-state index < -0.39 is 21.1 Å². The van der Waals surface area contributed by atoms with Crippen LogP contribution < -0.4 is 5.73 Å². The van der Waals surface area contributed by atoms with Gasteiger partial charge >= 0.3 is 5.97 Å². The van der Waals surface area contributed by atoms with Crippen LogP contribution in [0, 0.1) is 0 Å². The van der Waals surface area contributed by atoms with E-state index in [4.69, 9.17) is 5.73 Å². The third kappa shape index (κ3) is 5.74. The van der Waals surface area contributed by atoms with E-state index in [1.807, 2.05) is 0 Å². The molecule has 90 valence electrons. The summed E-state index contributed by atoms with van der Waals surface area (Å²) in [7, 11) is -2.00. The van der Waals surface area contributed by atoms with Gasteiger partial charge in [0, 0.05) is 6.04 Å². The second-order valence-corrected chi connectivity index (χ2v) is 6.26. The summed E-state index contributed by atoms with van der Waals surface area (Å²) in [4.78, 5) is 10.8. The molecule has 0 saturated carbocycles. The van der Waals surface area contributed by atoms with Crippen LogP contribution in [0.15, 0.2) is 0 Å². The molecule has 6 heteroatoms. The lowest BCUT2D eigenvalue weighted by molar-refractivity contribution is -0.140. The van der Waals surface area contributed by atoms with Gasteiger partial charge in [-0.3, -0.25) is 4.79 Å². The standard InChI is InChI=1S/C9H19NO4S/c1-7(10)6-8(2)15(12,13)5-4-9(11)14-3/h7-8H,4-6,10H2,1-3H3. The van der Waals surface area contributed by atoms with Crippen LogP contribution in [0.3, 0.4) is 0 Å². The molecule has 0 rings (SSSR count). The van der Waals surface area contributed by atoms with Gasteiger partial charge in [-0.2, -0.15) is 0 Å². The van der Waals surface area contributed by atoms with E-state index in [-0.39, 0.29) is 18.2 Å². The number of hydrogen-bond acceptors (Lipinski definition) is 5. The molecule has 0 aromatic carbocycles. The average Bonchev–Trinajstić information content (AvgIpc) is 2.13. The molecule has 2 N–H and O–H groups in total. The minimum atomic E-state index is -3.24. The number of sulfone groups is 1. The minimum Gasteiger partial charge on any atom is -0.469 e. The van der Waals surface area contributed by atoms with E-state index in [1.54, 1.807) is 13.8 Å². The Kier molecular flexibility index (Phi) is 5.82. The van der Waals surface area contributed by atoms with Crippen molar-refractivity contribution in [3.05, 3.63) is 0 Å². The highest BCUT2D eigenvalue weighted by molar-refractivity contribution is 7.92. The Bertz CT molecular complexity index is 297. The van der Waals surface area contributed by atoms with Crippen molar-refractivity contribution in [1.29, 1.82) is 0 Å². The largest absolute Gasteiger partial charge is 0.469 e. The monoisotopic (exact) mass is 237 g/mol. The normalized spacial score (nSPS) is 15.7. The molecule has 0 aliphatic rings. The molecule has 0 aromatic heterocycles. The third-order valence-electron chi connectivity index (χ3n) is 2.14. The van der Waals surface area contributed by atoms with Gasteiger partial charge in [0.25, 0.3) is 0 Å². The van der Waals surface area contributed by atoms with Crippen molar-refractivity contribution >= 4 is 15.8 Å². The Morgan fingerprint density at radius 1 is 1.40 bits per heavy atom. The smallest absolute Gasteiger partial charge is 0.306 e. The lowest BCUT2D eigenvalue weighted by Gasteiger charge is -2.14. The topological polar surface area (TPSA) is 86.5 Å². The van der Waals surface area contributed by atoms with Crippen LogP contribution in [0.2, 0.25) is 0 Å². The molecular formula is C9H19NO4S. The number of carbonyl (C=O) groups excluding carboxylic acids is 1. The number of esters is 1. The van der Waals surface area contributed by atoms with Crippen LogP contribution in [0.1, 0.15) is 26.7 Å². The summed E-state index contributed by atoms with van der Waals surface area (Å²) in [6, 6.07) is -0.159. The van der Waals surface area contributed by atoms with Crippen LogP contribution in [0.5, 0.6) is 0 Å². The molecular weight excluding hydrogens is 218 g/mol. The molecule has 0 bridgehead atoms. The summed E-state index contributed by atoms with van der Waals surface area (Å²) in [6.45, 7) is 3.36. The van der Waals surface area contributed by atoms with Crippen molar-refractivity contribution < 1.29 is 17.9 Å². The first-order valence-corrected chi connectivity index (χ1v) is 6.55. The zero-order valence-electron chi connectivity index (χ0n) is 9.39. The van der Waals surface area contributed by atoms with E-state index in [2.05, 4.69) is 4.74 Å². The first-order chi connectivity index (χ1) is 6.79. The first-order valence-electron chi connectivity index (χ1n) is 4.83. The van der Waals surface area contributed by atoms with Crippen molar-refractivity contribution in [2.75, 3.05) is 12.9 Å². The van der Waals surface area contributed by atoms with Gasteiger partial charge in [-0.15, -0.1) is 0 Å². The predicted molar refractivity (Wildman–Crippen MR) is 58.1 cm³/mol. The second-order valence-electron chi connectivity index (χ2n) is 3.72. The summed E-state index contributed by atoms with van der Waals surface area (Å²) in [5.74, 6) is -0.681. The van der Waals surface area contributed by atoms with Crippen LogP contribution in [-0.2, 0) is 19.4 Å². The number of nitrogens with two attached hydrogens (primary N) is 1. The van der Waals surface area contributed by atoms with Gasteiger partial charge in [-0.25, -0.2) is 8.42 Å². The second kappa shape index (κ2) is 6.07. The molecule has 5 nitrogen and oxygen atoms in total. The van der Waals surface area contributed by atoms with Gasteiger partial charge in [0.2, 0.25) is 0 Å². The molecule has 0 radical (unpaired) electrons. The Balaban J connectivity index is 4.23. The van der Waals surface area contributed by atoms with Crippen molar-refractivity contribution in [3.8, 4) is 0 Å². The van der Waals surface area contributed by atoms with Crippen LogP contribution in [0.4, 0.5) is 0 Å². The fraction of sp³-hybridized carbons (Fsp3) is 0.889. The maximum absolute atomic E-state index is 11.6. The molecule has 0 amide bonds. The zero-order chi connectivity index (χ0) is 12.1.